The third kappa shape index (κ3) is 2.52. The van der Waals surface area contributed by atoms with E-state index in [4.69, 9.17) is 5.11 Å². The molecule has 0 radical (unpaired) electrons. The zero-order valence-corrected chi connectivity index (χ0v) is 11.3. The summed E-state index contributed by atoms with van der Waals surface area (Å²) in [5.41, 5.74) is 0.774. The maximum atomic E-state index is 12.4. The first-order valence-corrected chi connectivity index (χ1v) is 6.82. The molecule has 21 heavy (non-hydrogen) atoms. The summed E-state index contributed by atoms with van der Waals surface area (Å²) in [5.74, 6) is -1.41. The summed E-state index contributed by atoms with van der Waals surface area (Å²) in [7, 11) is 0. The minimum Gasteiger partial charge on any atom is -0.478 e. The minimum absolute atomic E-state index is 0.0279. The molecule has 0 atom stereocenters. The van der Waals surface area contributed by atoms with Crippen LogP contribution in [0.3, 0.4) is 0 Å². The fraction of sp³-hybridized carbons (Fsp3) is 0.267. The summed E-state index contributed by atoms with van der Waals surface area (Å²) in [5, 5.41) is 11.7. The third-order valence-corrected chi connectivity index (χ3v) is 3.78. The fourth-order valence-corrected chi connectivity index (χ4v) is 2.44. The highest BCUT2D eigenvalue weighted by Gasteiger charge is 2.23. The molecule has 1 saturated carbocycles. The Bertz CT molecular complexity index is 689. The molecule has 108 valence electrons. The number of pyridine rings is 1. The van der Waals surface area contributed by atoms with Gasteiger partial charge in [-0.15, -0.1) is 0 Å². The average molecular weight is 285 g/mol. The predicted molar refractivity (Wildman–Crippen MR) is 76.5 cm³/mol. The minimum atomic E-state index is -1.10. The summed E-state index contributed by atoms with van der Waals surface area (Å²) >= 11 is 0. The van der Waals surface area contributed by atoms with Gasteiger partial charge in [-0.05, 0) is 37.5 Å². The topological polar surface area (TPSA) is 84.2 Å². The van der Waals surface area contributed by atoms with E-state index in [1.807, 2.05) is 16.8 Å². The van der Waals surface area contributed by atoms with Crippen molar-refractivity contribution in [2.45, 2.75) is 25.3 Å². The van der Waals surface area contributed by atoms with Crippen LogP contribution in [0.15, 0.2) is 36.8 Å². The predicted octanol–water partition coefficient (Wildman–Crippen LogP) is 2.56. The van der Waals surface area contributed by atoms with Gasteiger partial charge in [-0.3, -0.25) is 9.78 Å². The molecule has 6 nitrogen and oxygen atoms in total. The number of carbonyl (C=O) groups excluding carboxylic acids is 1. The van der Waals surface area contributed by atoms with Crippen LogP contribution in [0, 0.1) is 0 Å². The lowest BCUT2D eigenvalue weighted by atomic mass is 9.93. The summed E-state index contributed by atoms with van der Waals surface area (Å²) in [6.45, 7) is 0. The van der Waals surface area contributed by atoms with Crippen LogP contribution in [0.4, 0.5) is 5.69 Å². The summed E-state index contributed by atoms with van der Waals surface area (Å²) in [6.07, 6.45) is 7.94. The largest absolute Gasteiger partial charge is 0.478 e. The lowest BCUT2D eigenvalue weighted by molar-refractivity contribution is 0.0698. The number of hydrogen-bond acceptors (Lipinski definition) is 3. The maximum Gasteiger partial charge on any atom is 0.337 e. The highest BCUT2D eigenvalue weighted by atomic mass is 16.4. The molecule has 0 unspecified atom stereocenters. The Balaban J connectivity index is 1.84. The van der Waals surface area contributed by atoms with Gasteiger partial charge in [0.2, 0.25) is 0 Å². The van der Waals surface area contributed by atoms with Crippen molar-refractivity contribution in [3.05, 3.63) is 48.0 Å². The van der Waals surface area contributed by atoms with Crippen molar-refractivity contribution in [2.75, 3.05) is 5.32 Å². The van der Waals surface area contributed by atoms with Crippen LogP contribution in [-0.4, -0.2) is 26.5 Å². The van der Waals surface area contributed by atoms with Gasteiger partial charge < -0.3 is 15.0 Å². The fourth-order valence-electron chi connectivity index (χ4n) is 2.44. The molecule has 0 spiro atoms. The molecule has 1 fully saturated rings. The van der Waals surface area contributed by atoms with E-state index < -0.39 is 5.97 Å². The molecule has 2 heterocycles. The molecule has 0 aromatic carbocycles. The van der Waals surface area contributed by atoms with Gasteiger partial charge in [0.05, 0.1) is 17.4 Å². The van der Waals surface area contributed by atoms with Crippen LogP contribution in [0.25, 0.3) is 0 Å². The zero-order chi connectivity index (χ0) is 14.8. The molecule has 2 aromatic rings. The van der Waals surface area contributed by atoms with Crippen LogP contribution in [0.1, 0.15) is 46.2 Å². The summed E-state index contributed by atoms with van der Waals surface area (Å²) in [4.78, 5) is 27.4. The average Bonchev–Trinajstić information content (AvgIpc) is 2.86. The van der Waals surface area contributed by atoms with Gasteiger partial charge in [0.25, 0.3) is 5.91 Å². The Labute approximate surface area is 121 Å². The van der Waals surface area contributed by atoms with Crippen molar-refractivity contribution in [2.24, 2.45) is 0 Å². The summed E-state index contributed by atoms with van der Waals surface area (Å²) in [6, 6.07) is 5.30. The van der Waals surface area contributed by atoms with Gasteiger partial charge in [-0.1, -0.05) is 0 Å². The summed E-state index contributed by atoms with van der Waals surface area (Å²) < 4.78 is 1.95. The lowest BCUT2D eigenvalue weighted by Gasteiger charge is -2.28. The highest BCUT2D eigenvalue weighted by molar-refractivity contribution is 6.06. The maximum absolute atomic E-state index is 12.4. The molecule has 2 N–H and O–H groups in total. The number of carboxylic acids is 1. The first-order chi connectivity index (χ1) is 10.2. The van der Waals surface area contributed by atoms with E-state index in [-0.39, 0.29) is 17.2 Å². The monoisotopic (exact) mass is 285 g/mol. The first-order valence-electron chi connectivity index (χ1n) is 6.82. The second-order valence-electron chi connectivity index (χ2n) is 5.07. The Kier molecular flexibility index (Phi) is 3.43. The van der Waals surface area contributed by atoms with Gasteiger partial charge in [0.1, 0.15) is 5.69 Å². The SMILES string of the molecule is O=C(O)c1ccncc1NC(=O)c1cccn1C1CCC1. The number of nitrogens with zero attached hydrogens (tertiary/aromatic N) is 2. The normalized spacial score (nSPS) is 14.5. The quantitative estimate of drug-likeness (QED) is 0.904. The van der Waals surface area contributed by atoms with Gasteiger partial charge in [-0.2, -0.15) is 0 Å². The van der Waals surface area contributed by atoms with Gasteiger partial charge in [0, 0.05) is 18.4 Å². The van der Waals surface area contributed by atoms with E-state index in [9.17, 15) is 9.59 Å². The Morgan fingerprint density at radius 1 is 1.33 bits per heavy atom. The standard InChI is InChI=1S/C15H15N3O3/c19-14(13-5-2-8-18(13)10-3-1-4-10)17-12-9-16-7-6-11(12)15(20)21/h2,5-10H,1,3-4H2,(H,17,19)(H,20,21). The first kappa shape index (κ1) is 13.4. The third-order valence-electron chi connectivity index (χ3n) is 3.78. The molecule has 0 aliphatic heterocycles. The molecule has 1 aliphatic carbocycles. The van der Waals surface area contributed by atoms with Crippen LogP contribution in [-0.2, 0) is 0 Å². The smallest absolute Gasteiger partial charge is 0.337 e. The van der Waals surface area contributed by atoms with Gasteiger partial charge in [-0.25, -0.2) is 4.79 Å². The van der Waals surface area contributed by atoms with Crippen LogP contribution < -0.4 is 5.32 Å². The number of hydrogen-bond donors (Lipinski definition) is 2. The Hall–Kier alpha value is -2.63. The number of carboxylic acid groups (broad SMARTS) is 1. The number of carbonyl (C=O) groups is 2. The van der Waals surface area contributed by atoms with Crippen LogP contribution >= 0.6 is 0 Å². The number of aromatic nitrogens is 2. The van der Waals surface area contributed by atoms with E-state index in [2.05, 4.69) is 10.3 Å². The van der Waals surface area contributed by atoms with Crippen molar-refractivity contribution in [1.82, 2.24) is 9.55 Å². The molecule has 0 bridgehead atoms. The molecular weight excluding hydrogens is 270 g/mol. The number of nitrogens with one attached hydrogen (secondary N) is 1. The van der Waals surface area contributed by atoms with E-state index in [0.717, 1.165) is 12.8 Å². The van der Waals surface area contributed by atoms with Gasteiger partial charge in [0.15, 0.2) is 0 Å². The van der Waals surface area contributed by atoms with E-state index >= 15 is 0 Å². The van der Waals surface area contributed by atoms with Crippen molar-refractivity contribution in [1.29, 1.82) is 0 Å². The van der Waals surface area contributed by atoms with Gasteiger partial charge >= 0.3 is 5.97 Å². The highest BCUT2D eigenvalue weighted by Crippen LogP contribution is 2.32. The van der Waals surface area contributed by atoms with Crippen molar-refractivity contribution in [3.8, 4) is 0 Å². The lowest BCUT2D eigenvalue weighted by Crippen LogP contribution is -2.24. The van der Waals surface area contributed by atoms with E-state index in [1.54, 1.807) is 6.07 Å². The zero-order valence-electron chi connectivity index (χ0n) is 11.3. The van der Waals surface area contributed by atoms with E-state index in [1.165, 1.54) is 24.9 Å². The molecule has 3 rings (SSSR count). The number of aromatic carboxylic acids is 1. The molecule has 1 aliphatic rings. The number of anilines is 1. The Morgan fingerprint density at radius 3 is 2.81 bits per heavy atom. The van der Waals surface area contributed by atoms with E-state index in [0.29, 0.717) is 11.7 Å². The van der Waals surface area contributed by atoms with Crippen molar-refractivity contribution in [3.63, 3.8) is 0 Å². The second-order valence-corrected chi connectivity index (χ2v) is 5.07. The number of rotatable bonds is 4. The van der Waals surface area contributed by atoms with Crippen molar-refractivity contribution < 1.29 is 14.7 Å². The van der Waals surface area contributed by atoms with Crippen LogP contribution in [0.2, 0.25) is 0 Å². The van der Waals surface area contributed by atoms with Crippen molar-refractivity contribution >= 4 is 17.6 Å². The molecule has 1 amide bonds. The molecular formula is C15H15N3O3. The Morgan fingerprint density at radius 2 is 2.14 bits per heavy atom. The van der Waals surface area contributed by atoms with Crippen LogP contribution in [0.5, 0.6) is 0 Å². The molecule has 6 heteroatoms. The second kappa shape index (κ2) is 5.40. The molecule has 0 saturated heterocycles. The number of amides is 1. The molecule has 2 aromatic heterocycles.